The van der Waals surface area contributed by atoms with Crippen molar-refractivity contribution >= 4 is 16.9 Å². The summed E-state index contributed by atoms with van der Waals surface area (Å²) >= 11 is 0. The number of aryl methyl sites for hydroxylation is 1. The molecule has 5 rings (SSSR count). The van der Waals surface area contributed by atoms with E-state index in [0.29, 0.717) is 30.5 Å². The molecule has 1 amide bonds. The van der Waals surface area contributed by atoms with Crippen LogP contribution in [0.4, 0.5) is 0 Å². The summed E-state index contributed by atoms with van der Waals surface area (Å²) in [6.07, 6.45) is 6.45. The van der Waals surface area contributed by atoms with Crippen LogP contribution in [0, 0.1) is 11.8 Å². The Morgan fingerprint density at radius 1 is 1.23 bits per heavy atom. The van der Waals surface area contributed by atoms with Crippen molar-refractivity contribution in [2.75, 3.05) is 13.1 Å². The number of rotatable bonds is 4. The van der Waals surface area contributed by atoms with Gasteiger partial charge >= 0.3 is 0 Å². The van der Waals surface area contributed by atoms with Crippen LogP contribution in [-0.4, -0.2) is 43.2 Å². The average molecular weight is 420 g/mol. The van der Waals surface area contributed by atoms with E-state index in [9.17, 15) is 9.59 Å². The van der Waals surface area contributed by atoms with Gasteiger partial charge in [-0.2, -0.15) is 5.10 Å². The van der Waals surface area contributed by atoms with Gasteiger partial charge in [0, 0.05) is 50.1 Å². The highest BCUT2D eigenvalue weighted by molar-refractivity contribution is 5.96. The zero-order chi connectivity index (χ0) is 21.7. The molecule has 0 aromatic carbocycles. The lowest BCUT2D eigenvalue weighted by atomic mass is 9.76. The largest absolute Gasteiger partial charge is 0.338 e. The Labute approximate surface area is 181 Å². The van der Waals surface area contributed by atoms with E-state index >= 15 is 0 Å². The predicted octanol–water partition coefficient (Wildman–Crippen LogP) is 3.37. The van der Waals surface area contributed by atoms with Crippen molar-refractivity contribution in [2.45, 2.75) is 45.1 Å². The van der Waals surface area contributed by atoms with Gasteiger partial charge in [0.1, 0.15) is 5.52 Å². The molecule has 7 nitrogen and oxygen atoms in total. The third-order valence-corrected chi connectivity index (χ3v) is 6.97. The molecule has 31 heavy (non-hydrogen) atoms. The van der Waals surface area contributed by atoms with Crippen molar-refractivity contribution in [2.24, 2.45) is 18.9 Å². The zero-order valence-electron chi connectivity index (χ0n) is 18.4. The van der Waals surface area contributed by atoms with Crippen LogP contribution in [0.25, 0.3) is 11.0 Å². The highest BCUT2D eigenvalue weighted by atomic mass is 16.2. The number of nitrogens with zero attached hydrogens (tertiary/aromatic N) is 5. The quantitative estimate of drug-likeness (QED) is 0.650. The van der Waals surface area contributed by atoms with Crippen molar-refractivity contribution in [1.29, 1.82) is 0 Å². The lowest BCUT2D eigenvalue weighted by Crippen LogP contribution is -2.51. The van der Waals surface area contributed by atoms with E-state index in [2.05, 4.69) is 30.0 Å². The second-order valence-electron chi connectivity index (χ2n) is 9.50. The van der Waals surface area contributed by atoms with Gasteiger partial charge in [0.15, 0.2) is 0 Å². The zero-order valence-corrected chi connectivity index (χ0v) is 18.4. The summed E-state index contributed by atoms with van der Waals surface area (Å²) in [7, 11) is 1.86. The second kappa shape index (κ2) is 7.62. The number of carbonyl (C=O) groups is 1. The lowest BCUT2D eigenvalue weighted by molar-refractivity contribution is 0.0513. The SMILES string of the molecule is CC(C)CC[C@H]1[C@H]2C[C@H](CN(C(=O)c3cnc4cnn(C)c4c3)C2)c2cccc(=O)n21. The summed E-state index contributed by atoms with van der Waals surface area (Å²) in [5.41, 5.74) is 3.41. The first-order valence-corrected chi connectivity index (χ1v) is 11.2. The minimum Gasteiger partial charge on any atom is -0.338 e. The van der Waals surface area contributed by atoms with Crippen LogP contribution in [0.15, 0.2) is 41.5 Å². The normalized spacial score (nSPS) is 22.7. The average Bonchev–Trinajstić information content (AvgIpc) is 3.13. The van der Waals surface area contributed by atoms with E-state index in [0.717, 1.165) is 36.0 Å². The molecule has 3 aromatic heterocycles. The number of likely N-dealkylation sites (tertiary alicyclic amines) is 1. The van der Waals surface area contributed by atoms with Gasteiger partial charge in [0.25, 0.3) is 11.5 Å². The molecule has 1 saturated heterocycles. The van der Waals surface area contributed by atoms with Crippen molar-refractivity contribution in [3.8, 4) is 0 Å². The molecule has 5 heterocycles. The molecule has 162 valence electrons. The number of aromatic nitrogens is 4. The highest BCUT2D eigenvalue weighted by Gasteiger charge is 2.41. The van der Waals surface area contributed by atoms with Crippen LogP contribution in [0.2, 0.25) is 0 Å². The van der Waals surface area contributed by atoms with Crippen LogP contribution in [0.1, 0.15) is 61.1 Å². The van der Waals surface area contributed by atoms with Crippen molar-refractivity contribution in [3.63, 3.8) is 0 Å². The molecule has 0 aliphatic carbocycles. The van der Waals surface area contributed by atoms with Crippen molar-refractivity contribution in [3.05, 3.63) is 58.3 Å². The first-order chi connectivity index (χ1) is 14.9. The molecule has 7 heteroatoms. The maximum absolute atomic E-state index is 13.4. The fourth-order valence-corrected chi connectivity index (χ4v) is 5.41. The predicted molar refractivity (Wildman–Crippen MR) is 119 cm³/mol. The lowest BCUT2D eigenvalue weighted by Gasteiger charge is -2.47. The molecule has 1 fully saturated rings. The van der Waals surface area contributed by atoms with Crippen LogP contribution in [0.3, 0.4) is 0 Å². The van der Waals surface area contributed by atoms with E-state index in [1.807, 2.05) is 28.6 Å². The Bertz CT molecular complexity index is 1190. The Balaban J connectivity index is 1.48. The number of hydrogen-bond donors (Lipinski definition) is 0. The summed E-state index contributed by atoms with van der Waals surface area (Å²) < 4.78 is 3.78. The van der Waals surface area contributed by atoms with E-state index in [1.165, 1.54) is 0 Å². The third kappa shape index (κ3) is 3.46. The highest BCUT2D eigenvalue weighted by Crippen LogP contribution is 2.43. The Morgan fingerprint density at radius 2 is 2.06 bits per heavy atom. The fraction of sp³-hybridized carbons (Fsp3) is 0.500. The van der Waals surface area contributed by atoms with E-state index in [-0.39, 0.29) is 23.4 Å². The summed E-state index contributed by atoms with van der Waals surface area (Å²) in [6.45, 7) is 5.76. The molecular weight excluding hydrogens is 390 g/mol. The van der Waals surface area contributed by atoms with Crippen molar-refractivity contribution in [1.82, 2.24) is 24.2 Å². The van der Waals surface area contributed by atoms with Gasteiger partial charge in [-0.15, -0.1) is 0 Å². The van der Waals surface area contributed by atoms with Crippen LogP contribution < -0.4 is 5.56 Å². The summed E-state index contributed by atoms with van der Waals surface area (Å²) in [5, 5.41) is 4.23. The summed E-state index contributed by atoms with van der Waals surface area (Å²) in [5.74, 6) is 1.08. The first kappa shape index (κ1) is 20.0. The topological polar surface area (TPSA) is 73.0 Å². The van der Waals surface area contributed by atoms with Crippen LogP contribution in [0.5, 0.6) is 0 Å². The van der Waals surface area contributed by atoms with Gasteiger partial charge in [-0.25, -0.2) is 0 Å². The monoisotopic (exact) mass is 419 g/mol. The van der Waals surface area contributed by atoms with Gasteiger partial charge in [0.05, 0.1) is 17.3 Å². The van der Waals surface area contributed by atoms with Gasteiger partial charge in [-0.1, -0.05) is 19.9 Å². The Hall–Kier alpha value is -2.96. The smallest absolute Gasteiger partial charge is 0.255 e. The van der Waals surface area contributed by atoms with Gasteiger partial charge in [0.2, 0.25) is 0 Å². The number of pyridine rings is 2. The maximum atomic E-state index is 13.4. The first-order valence-electron chi connectivity index (χ1n) is 11.2. The Morgan fingerprint density at radius 3 is 2.87 bits per heavy atom. The molecular formula is C24H29N5O2. The maximum Gasteiger partial charge on any atom is 0.255 e. The number of piperidine rings is 1. The third-order valence-electron chi connectivity index (χ3n) is 6.97. The summed E-state index contributed by atoms with van der Waals surface area (Å²) in [6, 6.07) is 7.63. The molecule has 0 N–H and O–H groups in total. The number of amides is 1. The molecule has 2 aliphatic rings. The Kier molecular flexibility index (Phi) is 4.91. The van der Waals surface area contributed by atoms with Crippen LogP contribution >= 0.6 is 0 Å². The summed E-state index contributed by atoms with van der Waals surface area (Å²) in [4.78, 5) is 32.6. The van der Waals surface area contributed by atoms with Gasteiger partial charge < -0.3 is 9.47 Å². The minimum absolute atomic E-state index is 0.0136. The standard InChI is InChI=1S/C24H29N5O2/c1-15(2)7-8-21-18-9-17(20-5-4-6-23(30)29(20)21)13-28(14-18)24(31)16-10-22-19(25-11-16)12-26-27(22)3/h4-6,10-12,15,17-18,21H,7-9,13-14H2,1-3H3/t17-,18+,21+/m1/s1. The van der Waals surface area contributed by atoms with Crippen molar-refractivity contribution < 1.29 is 4.79 Å². The number of hydrogen-bond acceptors (Lipinski definition) is 4. The minimum atomic E-state index is 0.0136. The molecule has 0 spiro atoms. The fourth-order valence-electron chi connectivity index (χ4n) is 5.41. The molecule has 3 atom stereocenters. The van der Waals surface area contributed by atoms with Gasteiger partial charge in [-0.3, -0.25) is 19.3 Å². The second-order valence-corrected chi connectivity index (χ2v) is 9.50. The van der Waals surface area contributed by atoms with Crippen LogP contribution in [-0.2, 0) is 7.05 Å². The van der Waals surface area contributed by atoms with E-state index < -0.39 is 0 Å². The number of fused-ring (bicyclic) bond motifs is 5. The molecule has 2 aliphatic heterocycles. The molecule has 0 unspecified atom stereocenters. The van der Waals surface area contributed by atoms with E-state index in [1.54, 1.807) is 23.1 Å². The van der Waals surface area contributed by atoms with Gasteiger partial charge in [-0.05, 0) is 43.2 Å². The van der Waals surface area contributed by atoms with E-state index in [4.69, 9.17) is 0 Å². The molecule has 0 saturated carbocycles. The molecule has 2 bridgehead atoms. The molecule has 3 aromatic rings. The number of carbonyl (C=O) groups excluding carboxylic acids is 1. The molecule has 0 radical (unpaired) electrons.